The summed E-state index contributed by atoms with van der Waals surface area (Å²) >= 11 is 0. The molecule has 0 aliphatic carbocycles. The van der Waals surface area contributed by atoms with Gasteiger partial charge in [-0.05, 0) is 23.6 Å². The van der Waals surface area contributed by atoms with E-state index in [-0.39, 0.29) is 5.41 Å². The molecule has 0 fully saturated rings. The molecule has 0 radical (unpaired) electrons. The third-order valence-electron chi connectivity index (χ3n) is 5.02. The van der Waals surface area contributed by atoms with Crippen molar-refractivity contribution in [1.29, 1.82) is 0 Å². The number of ether oxygens (including phenoxy) is 2. The second-order valence-electron chi connectivity index (χ2n) is 6.43. The summed E-state index contributed by atoms with van der Waals surface area (Å²) < 4.78 is 11.4. The summed E-state index contributed by atoms with van der Waals surface area (Å²) in [5.74, 6) is 1.56. The minimum Gasteiger partial charge on any atom is -0.493 e. The van der Waals surface area contributed by atoms with E-state index in [2.05, 4.69) is 73.7 Å². The number of methoxy groups -OCH3 is 2. The molecule has 0 unspecified atom stereocenters. The Labute approximate surface area is 156 Å². The Balaban J connectivity index is 2.39. The van der Waals surface area contributed by atoms with Gasteiger partial charge in [-0.2, -0.15) is 0 Å². The van der Waals surface area contributed by atoms with E-state index in [4.69, 9.17) is 9.47 Å². The van der Waals surface area contributed by atoms with Gasteiger partial charge in [0, 0.05) is 11.0 Å². The van der Waals surface area contributed by atoms with E-state index in [0.717, 1.165) is 29.9 Å². The van der Waals surface area contributed by atoms with Gasteiger partial charge in [0.05, 0.1) is 14.2 Å². The summed E-state index contributed by atoms with van der Waals surface area (Å²) in [6, 6.07) is 27.6. The molecule has 0 bridgehead atoms. The van der Waals surface area contributed by atoms with Crippen LogP contribution in [0.25, 0.3) is 0 Å². The Hall–Kier alpha value is -2.74. The molecule has 0 N–H and O–H groups in total. The Morgan fingerprint density at radius 3 is 1.73 bits per heavy atom. The lowest BCUT2D eigenvalue weighted by Crippen LogP contribution is -2.30. The van der Waals surface area contributed by atoms with E-state index in [1.807, 2.05) is 12.1 Å². The van der Waals surface area contributed by atoms with Crippen LogP contribution in [-0.4, -0.2) is 14.2 Å². The van der Waals surface area contributed by atoms with Crippen LogP contribution < -0.4 is 9.47 Å². The lowest BCUT2D eigenvalue weighted by molar-refractivity contribution is 0.345. The molecule has 0 aromatic heterocycles. The number of para-hydroxylation sites is 1. The van der Waals surface area contributed by atoms with Crippen LogP contribution in [-0.2, 0) is 5.41 Å². The van der Waals surface area contributed by atoms with Crippen molar-refractivity contribution in [3.8, 4) is 11.5 Å². The second-order valence-corrected chi connectivity index (χ2v) is 6.43. The molecule has 2 heteroatoms. The van der Waals surface area contributed by atoms with Crippen molar-refractivity contribution in [2.45, 2.75) is 25.2 Å². The van der Waals surface area contributed by atoms with Gasteiger partial charge in [-0.1, -0.05) is 86.1 Å². The molecule has 0 saturated heterocycles. The average Bonchev–Trinajstić information content (AvgIpc) is 2.72. The van der Waals surface area contributed by atoms with E-state index in [1.54, 1.807) is 14.2 Å². The lowest BCUT2D eigenvalue weighted by Gasteiger charge is -2.37. The van der Waals surface area contributed by atoms with Crippen molar-refractivity contribution < 1.29 is 9.47 Å². The summed E-state index contributed by atoms with van der Waals surface area (Å²) in [5, 5.41) is 0. The normalized spacial score (nSPS) is 11.2. The standard InChI is InChI=1S/C24H26O2/c1-4-18-24(19-12-7-5-8-13-19,20-14-9-6-10-15-20)21-16-11-17-22(25-2)23(21)26-3/h5-17H,4,18H2,1-3H3. The van der Waals surface area contributed by atoms with Crippen molar-refractivity contribution in [3.05, 3.63) is 95.6 Å². The van der Waals surface area contributed by atoms with Gasteiger partial charge in [-0.3, -0.25) is 0 Å². The van der Waals surface area contributed by atoms with Crippen LogP contribution in [0.2, 0.25) is 0 Å². The van der Waals surface area contributed by atoms with Gasteiger partial charge in [0.1, 0.15) is 0 Å². The molecule has 134 valence electrons. The maximum absolute atomic E-state index is 5.84. The van der Waals surface area contributed by atoms with E-state index < -0.39 is 0 Å². The van der Waals surface area contributed by atoms with Crippen LogP contribution >= 0.6 is 0 Å². The molecular weight excluding hydrogens is 320 g/mol. The number of rotatable bonds is 7. The molecule has 0 atom stereocenters. The van der Waals surface area contributed by atoms with Crippen LogP contribution in [0.3, 0.4) is 0 Å². The van der Waals surface area contributed by atoms with Crippen molar-refractivity contribution >= 4 is 0 Å². The predicted molar refractivity (Wildman–Crippen MR) is 107 cm³/mol. The quantitative estimate of drug-likeness (QED) is 0.500. The molecule has 0 aliphatic rings. The molecule has 0 saturated carbocycles. The zero-order chi connectivity index (χ0) is 18.4. The van der Waals surface area contributed by atoms with Gasteiger partial charge >= 0.3 is 0 Å². The molecule has 26 heavy (non-hydrogen) atoms. The Bertz CT molecular complexity index is 786. The highest BCUT2D eigenvalue weighted by Crippen LogP contribution is 2.48. The Morgan fingerprint density at radius 1 is 0.692 bits per heavy atom. The maximum Gasteiger partial charge on any atom is 0.165 e. The van der Waals surface area contributed by atoms with Crippen molar-refractivity contribution in [2.75, 3.05) is 14.2 Å². The molecule has 0 amide bonds. The predicted octanol–water partition coefficient (Wildman–Crippen LogP) is 5.84. The summed E-state index contributed by atoms with van der Waals surface area (Å²) in [7, 11) is 3.40. The minimum atomic E-state index is -0.294. The van der Waals surface area contributed by atoms with Gasteiger partial charge in [-0.15, -0.1) is 0 Å². The first-order valence-corrected chi connectivity index (χ1v) is 9.10. The van der Waals surface area contributed by atoms with E-state index in [9.17, 15) is 0 Å². The van der Waals surface area contributed by atoms with Gasteiger partial charge < -0.3 is 9.47 Å². The van der Waals surface area contributed by atoms with Crippen molar-refractivity contribution in [1.82, 2.24) is 0 Å². The molecule has 0 heterocycles. The Morgan fingerprint density at radius 2 is 1.27 bits per heavy atom. The van der Waals surface area contributed by atoms with Gasteiger partial charge in [0.15, 0.2) is 11.5 Å². The maximum atomic E-state index is 5.84. The first kappa shape index (κ1) is 18.1. The van der Waals surface area contributed by atoms with Crippen LogP contribution in [0, 0.1) is 0 Å². The summed E-state index contributed by atoms with van der Waals surface area (Å²) in [4.78, 5) is 0. The van der Waals surface area contributed by atoms with Gasteiger partial charge in [-0.25, -0.2) is 0 Å². The smallest absolute Gasteiger partial charge is 0.165 e. The molecule has 3 rings (SSSR count). The zero-order valence-electron chi connectivity index (χ0n) is 15.7. The Kier molecular flexibility index (Phi) is 5.62. The van der Waals surface area contributed by atoms with E-state index in [0.29, 0.717) is 0 Å². The fourth-order valence-electron chi connectivity index (χ4n) is 3.94. The highest BCUT2D eigenvalue weighted by molar-refractivity contribution is 5.59. The monoisotopic (exact) mass is 346 g/mol. The number of hydrogen-bond acceptors (Lipinski definition) is 2. The second kappa shape index (κ2) is 8.09. The molecule has 0 spiro atoms. The van der Waals surface area contributed by atoms with E-state index >= 15 is 0 Å². The minimum absolute atomic E-state index is 0.294. The summed E-state index contributed by atoms with van der Waals surface area (Å²) in [6.07, 6.45) is 2.02. The first-order chi connectivity index (χ1) is 12.8. The summed E-state index contributed by atoms with van der Waals surface area (Å²) in [6.45, 7) is 2.23. The molecule has 3 aromatic carbocycles. The van der Waals surface area contributed by atoms with Crippen molar-refractivity contribution in [2.24, 2.45) is 0 Å². The molecular formula is C24H26O2. The van der Waals surface area contributed by atoms with E-state index in [1.165, 1.54) is 11.1 Å². The van der Waals surface area contributed by atoms with Crippen LogP contribution in [0.4, 0.5) is 0 Å². The van der Waals surface area contributed by atoms with Crippen LogP contribution in [0.5, 0.6) is 11.5 Å². The van der Waals surface area contributed by atoms with Gasteiger partial charge in [0.2, 0.25) is 0 Å². The third-order valence-corrected chi connectivity index (χ3v) is 5.02. The largest absolute Gasteiger partial charge is 0.493 e. The topological polar surface area (TPSA) is 18.5 Å². The van der Waals surface area contributed by atoms with Crippen LogP contribution in [0.1, 0.15) is 36.5 Å². The van der Waals surface area contributed by atoms with Crippen molar-refractivity contribution in [3.63, 3.8) is 0 Å². The lowest BCUT2D eigenvalue weighted by atomic mass is 9.66. The third kappa shape index (κ3) is 3.08. The average molecular weight is 346 g/mol. The highest BCUT2D eigenvalue weighted by atomic mass is 16.5. The molecule has 2 nitrogen and oxygen atoms in total. The highest BCUT2D eigenvalue weighted by Gasteiger charge is 2.38. The number of benzene rings is 3. The first-order valence-electron chi connectivity index (χ1n) is 9.10. The van der Waals surface area contributed by atoms with Gasteiger partial charge in [0.25, 0.3) is 0 Å². The van der Waals surface area contributed by atoms with Crippen LogP contribution in [0.15, 0.2) is 78.9 Å². The molecule has 0 aliphatic heterocycles. The fraction of sp³-hybridized carbons (Fsp3) is 0.250. The number of hydrogen-bond donors (Lipinski definition) is 0. The SMILES string of the molecule is CCCC(c1ccccc1)(c1ccccc1)c1cccc(OC)c1OC. The fourth-order valence-corrected chi connectivity index (χ4v) is 3.94. The zero-order valence-corrected chi connectivity index (χ0v) is 15.7. The molecule has 3 aromatic rings. The summed E-state index contributed by atoms with van der Waals surface area (Å²) in [5.41, 5.74) is 3.37.